The summed E-state index contributed by atoms with van der Waals surface area (Å²) in [6.45, 7) is 3.91. The van der Waals surface area contributed by atoms with Crippen LogP contribution in [0.1, 0.15) is 31.9 Å². The summed E-state index contributed by atoms with van der Waals surface area (Å²) in [7, 11) is 0.849. The molecule has 0 radical (unpaired) electrons. The van der Waals surface area contributed by atoms with Gasteiger partial charge in [-0.3, -0.25) is 14.2 Å². The second-order valence-electron chi connectivity index (χ2n) is 7.82. The van der Waals surface area contributed by atoms with Gasteiger partial charge in [0, 0.05) is 32.2 Å². The Morgan fingerprint density at radius 1 is 1.19 bits per heavy atom. The zero-order valence-electron chi connectivity index (χ0n) is 18.7. The predicted octanol–water partition coefficient (Wildman–Crippen LogP) is 3.47. The Hall–Kier alpha value is -2.69. The monoisotopic (exact) mass is 477 g/mol. The Kier molecular flexibility index (Phi) is 7.06. The minimum atomic E-state index is -3.59. The summed E-state index contributed by atoms with van der Waals surface area (Å²) in [5.74, 6) is 0.305. The molecule has 0 aliphatic rings. The molecular weight excluding hydrogens is 450 g/mol. The Labute approximate surface area is 191 Å². The highest BCUT2D eigenvalue weighted by molar-refractivity contribution is 7.89. The van der Waals surface area contributed by atoms with E-state index in [1.807, 2.05) is 19.9 Å². The van der Waals surface area contributed by atoms with Gasteiger partial charge in [-0.15, -0.1) is 0 Å². The van der Waals surface area contributed by atoms with Gasteiger partial charge in [-0.1, -0.05) is 11.3 Å². The molecule has 32 heavy (non-hydrogen) atoms. The summed E-state index contributed by atoms with van der Waals surface area (Å²) in [5, 5.41) is 2.85. The number of methoxy groups -OCH3 is 1. The molecule has 8 nitrogen and oxygen atoms in total. The third kappa shape index (κ3) is 4.87. The molecule has 0 fully saturated rings. The Balaban J connectivity index is 1.75. The van der Waals surface area contributed by atoms with Crippen LogP contribution in [0.15, 0.2) is 46.1 Å². The van der Waals surface area contributed by atoms with Crippen molar-refractivity contribution in [1.82, 2.24) is 8.87 Å². The first-order chi connectivity index (χ1) is 15.0. The van der Waals surface area contributed by atoms with Crippen molar-refractivity contribution >= 4 is 43.2 Å². The molecule has 0 unspecified atom stereocenters. The second kappa shape index (κ2) is 9.43. The van der Waals surface area contributed by atoms with Gasteiger partial charge in [-0.2, -0.15) is 0 Å². The molecule has 1 amide bonds. The maximum atomic E-state index is 12.5. The van der Waals surface area contributed by atoms with Crippen LogP contribution in [0.4, 0.5) is 5.69 Å². The van der Waals surface area contributed by atoms with Gasteiger partial charge in [0.05, 0.1) is 22.2 Å². The Morgan fingerprint density at radius 2 is 1.91 bits per heavy atom. The second-order valence-corrected chi connectivity index (χ2v) is 11.0. The zero-order valence-corrected chi connectivity index (χ0v) is 20.3. The highest BCUT2D eigenvalue weighted by atomic mass is 32.2. The first-order valence-corrected chi connectivity index (χ1v) is 12.3. The quantitative estimate of drug-likeness (QED) is 0.536. The summed E-state index contributed by atoms with van der Waals surface area (Å²) in [6, 6.07) is 10.1. The van der Waals surface area contributed by atoms with Crippen molar-refractivity contribution in [3.8, 4) is 5.75 Å². The molecule has 0 atom stereocenters. The van der Waals surface area contributed by atoms with Gasteiger partial charge in [0.1, 0.15) is 5.75 Å². The highest BCUT2D eigenvalue weighted by Crippen LogP contribution is 2.26. The summed E-state index contributed by atoms with van der Waals surface area (Å²) < 4.78 is 33.9. The number of hydrogen-bond donors (Lipinski definition) is 1. The number of carbonyl (C=O) groups is 1. The molecule has 3 aromatic rings. The van der Waals surface area contributed by atoms with Crippen LogP contribution in [0.5, 0.6) is 5.75 Å². The molecule has 1 N–H and O–H groups in total. The van der Waals surface area contributed by atoms with Crippen LogP contribution < -0.4 is 14.9 Å². The number of benzene rings is 2. The fourth-order valence-electron chi connectivity index (χ4n) is 3.40. The van der Waals surface area contributed by atoms with Crippen molar-refractivity contribution in [3.05, 3.63) is 51.6 Å². The lowest BCUT2D eigenvalue weighted by molar-refractivity contribution is -0.116. The van der Waals surface area contributed by atoms with Crippen molar-refractivity contribution in [3.63, 3.8) is 0 Å². The smallest absolute Gasteiger partial charge is 0.308 e. The molecule has 172 valence electrons. The van der Waals surface area contributed by atoms with Crippen molar-refractivity contribution in [2.75, 3.05) is 26.5 Å². The SMILES string of the molecule is COc1ccc(S(=O)(=O)N(C)C)cc1CCC(=O)Nc1ccc2c(c1)sc(=O)n2C(C)C. The van der Waals surface area contributed by atoms with Crippen molar-refractivity contribution in [2.45, 2.75) is 37.6 Å². The molecular formula is C22H27N3O5S2. The van der Waals surface area contributed by atoms with Crippen LogP contribution in [0.25, 0.3) is 10.2 Å². The van der Waals surface area contributed by atoms with Crippen LogP contribution in [-0.4, -0.2) is 44.4 Å². The summed E-state index contributed by atoms with van der Waals surface area (Å²) in [5.41, 5.74) is 2.08. The molecule has 1 heterocycles. The lowest BCUT2D eigenvalue weighted by Gasteiger charge is -2.14. The van der Waals surface area contributed by atoms with Crippen LogP contribution in [-0.2, 0) is 21.2 Å². The van der Waals surface area contributed by atoms with Gasteiger partial charge < -0.3 is 10.1 Å². The van der Waals surface area contributed by atoms with Crippen LogP contribution >= 0.6 is 11.3 Å². The van der Waals surface area contributed by atoms with E-state index in [1.54, 1.807) is 28.8 Å². The third-order valence-electron chi connectivity index (χ3n) is 5.07. The molecule has 3 rings (SSSR count). The highest BCUT2D eigenvalue weighted by Gasteiger charge is 2.19. The predicted molar refractivity (Wildman–Crippen MR) is 127 cm³/mol. The number of thiazole rings is 1. The lowest BCUT2D eigenvalue weighted by atomic mass is 10.1. The average molecular weight is 478 g/mol. The number of aromatic nitrogens is 1. The number of fused-ring (bicyclic) bond motifs is 1. The fraction of sp³-hybridized carbons (Fsp3) is 0.364. The molecule has 0 bridgehead atoms. The van der Waals surface area contributed by atoms with E-state index < -0.39 is 10.0 Å². The number of sulfonamides is 1. The number of carbonyl (C=O) groups excluding carboxylic acids is 1. The molecule has 0 saturated carbocycles. The maximum absolute atomic E-state index is 12.5. The minimum Gasteiger partial charge on any atom is -0.496 e. The normalized spacial score (nSPS) is 12.0. The maximum Gasteiger partial charge on any atom is 0.308 e. The number of amides is 1. The molecule has 0 saturated heterocycles. The number of hydrogen-bond acceptors (Lipinski definition) is 6. The number of nitrogens with zero attached hydrogens (tertiary/aromatic N) is 2. The van der Waals surface area contributed by atoms with E-state index in [9.17, 15) is 18.0 Å². The fourth-order valence-corrected chi connectivity index (χ4v) is 5.40. The van der Waals surface area contributed by atoms with Gasteiger partial charge in [0.25, 0.3) is 0 Å². The molecule has 0 aliphatic heterocycles. The number of anilines is 1. The van der Waals surface area contributed by atoms with E-state index in [0.29, 0.717) is 23.4 Å². The van der Waals surface area contributed by atoms with Crippen LogP contribution in [0, 0.1) is 0 Å². The molecule has 10 heteroatoms. The molecule has 1 aromatic heterocycles. The first kappa shape index (κ1) is 24.0. The number of ether oxygens (including phenoxy) is 1. The number of aryl methyl sites for hydroxylation is 1. The third-order valence-corrected chi connectivity index (χ3v) is 7.79. The summed E-state index contributed by atoms with van der Waals surface area (Å²) in [6.07, 6.45) is 0.453. The first-order valence-electron chi connectivity index (χ1n) is 10.1. The molecule has 0 aliphatic carbocycles. The summed E-state index contributed by atoms with van der Waals surface area (Å²) in [4.78, 5) is 24.9. The lowest BCUT2D eigenvalue weighted by Crippen LogP contribution is -2.22. The topological polar surface area (TPSA) is 97.7 Å². The number of nitrogens with one attached hydrogen (secondary N) is 1. The molecule has 0 spiro atoms. The van der Waals surface area contributed by atoms with E-state index in [1.165, 1.54) is 27.3 Å². The van der Waals surface area contributed by atoms with Gasteiger partial charge in [-0.05, 0) is 62.2 Å². The molecule has 2 aromatic carbocycles. The van der Waals surface area contributed by atoms with Gasteiger partial charge >= 0.3 is 4.87 Å². The standard InChI is InChI=1S/C22H27N3O5S2/c1-14(2)25-18-9-7-16(13-20(18)31-22(25)27)23-21(26)11-6-15-12-17(8-10-19(15)30-5)32(28,29)24(3)4/h7-10,12-14H,6,11H2,1-5H3,(H,23,26). The van der Waals surface area contributed by atoms with E-state index >= 15 is 0 Å². The minimum absolute atomic E-state index is 0.0295. The zero-order chi connectivity index (χ0) is 23.6. The average Bonchev–Trinajstić information content (AvgIpc) is 3.06. The van der Waals surface area contributed by atoms with E-state index in [2.05, 4.69) is 5.32 Å². The van der Waals surface area contributed by atoms with Crippen molar-refractivity contribution < 1.29 is 17.9 Å². The van der Waals surface area contributed by atoms with Crippen molar-refractivity contribution in [1.29, 1.82) is 0 Å². The van der Waals surface area contributed by atoms with Crippen LogP contribution in [0.3, 0.4) is 0 Å². The van der Waals surface area contributed by atoms with Crippen LogP contribution in [0.2, 0.25) is 0 Å². The largest absolute Gasteiger partial charge is 0.496 e. The van der Waals surface area contributed by atoms with Gasteiger partial charge in [0.15, 0.2) is 0 Å². The van der Waals surface area contributed by atoms with E-state index in [0.717, 1.165) is 25.9 Å². The van der Waals surface area contributed by atoms with Crippen molar-refractivity contribution in [2.24, 2.45) is 0 Å². The Bertz CT molecular complexity index is 1310. The summed E-state index contributed by atoms with van der Waals surface area (Å²) >= 11 is 1.15. The van der Waals surface area contributed by atoms with E-state index in [4.69, 9.17) is 4.74 Å². The van der Waals surface area contributed by atoms with Gasteiger partial charge in [-0.25, -0.2) is 12.7 Å². The number of rotatable bonds is 8. The van der Waals surface area contributed by atoms with Gasteiger partial charge in [0.2, 0.25) is 15.9 Å². The van der Waals surface area contributed by atoms with E-state index in [-0.39, 0.29) is 28.1 Å². The Morgan fingerprint density at radius 3 is 2.53 bits per heavy atom.